The predicted octanol–water partition coefficient (Wildman–Crippen LogP) is 4.46. The summed E-state index contributed by atoms with van der Waals surface area (Å²) in [6, 6.07) is 15.6. The van der Waals surface area contributed by atoms with Crippen LogP contribution in [0.15, 0.2) is 48.5 Å². The van der Waals surface area contributed by atoms with Crippen LogP contribution < -0.4 is 0 Å². The SMILES string of the molecule is Cc1ccc(Cc2c(C)c(O)c3ccccc3c2O)cc1. The predicted molar refractivity (Wildman–Crippen MR) is 86.0 cm³/mol. The summed E-state index contributed by atoms with van der Waals surface area (Å²) in [5.41, 5.74) is 3.86. The largest absolute Gasteiger partial charge is 0.507 e. The number of hydrogen-bond acceptors (Lipinski definition) is 2. The van der Waals surface area contributed by atoms with Crippen molar-refractivity contribution < 1.29 is 10.2 Å². The third-order valence-electron chi connectivity index (χ3n) is 4.03. The Morgan fingerprint density at radius 1 is 0.762 bits per heavy atom. The fraction of sp³-hybridized carbons (Fsp3) is 0.158. The standard InChI is InChI=1S/C19H18O2/c1-12-7-9-14(10-8-12)11-17-13(2)18(20)15-5-3-4-6-16(15)19(17)21/h3-10,20-21H,11H2,1-2H3. The molecule has 3 aromatic rings. The molecular weight excluding hydrogens is 260 g/mol. The zero-order chi connectivity index (χ0) is 15.0. The molecule has 0 unspecified atom stereocenters. The molecule has 21 heavy (non-hydrogen) atoms. The molecule has 3 aromatic carbocycles. The summed E-state index contributed by atoms with van der Waals surface area (Å²) >= 11 is 0. The van der Waals surface area contributed by atoms with E-state index in [2.05, 4.69) is 24.3 Å². The summed E-state index contributed by atoms with van der Waals surface area (Å²) in [6.07, 6.45) is 0.607. The normalized spacial score (nSPS) is 11.0. The van der Waals surface area contributed by atoms with E-state index >= 15 is 0 Å². The third-order valence-corrected chi connectivity index (χ3v) is 4.03. The van der Waals surface area contributed by atoms with Crippen LogP contribution in [0.2, 0.25) is 0 Å². The molecule has 0 atom stereocenters. The second-order valence-corrected chi connectivity index (χ2v) is 5.51. The maximum absolute atomic E-state index is 10.6. The monoisotopic (exact) mass is 278 g/mol. The van der Waals surface area contributed by atoms with Crippen molar-refractivity contribution in [3.05, 3.63) is 70.8 Å². The summed E-state index contributed by atoms with van der Waals surface area (Å²) in [5.74, 6) is 0.520. The number of hydrogen-bond donors (Lipinski definition) is 2. The second-order valence-electron chi connectivity index (χ2n) is 5.51. The quantitative estimate of drug-likeness (QED) is 0.679. The van der Waals surface area contributed by atoms with E-state index in [1.807, 2.05) is 38.1 Å². The van der Waals surface area contributed by atoms with Gasteiger partial charge in [-0.2, -0.15) is 0 Å². The first-order valence-corrected chi connectivity index (χ1v) is 7.05. The molecule has 0 amide bonds. The lowest BCUT2D eigenvalue weighted by molar-refractivity contribution is 0.461. The maximum Gasteiger partial charge on any atom is 0.127 e. The smallest absolute Gasteiger partial charge is 0.127 e. The van der Waals surface area contributed by atoms with Gasteiger partial charge in [0, 0.05) is 22.8 Å². The molecule has 2 heteroatoms. The van der Waals surface area contributed by atoms with Crippen LogP contribution in [0.4, 0.5) is 0 Å². The topological polar surface area (TPSA) is 40.5 Å². The first-order chi connectivity index (χ1) is 10.1. The summed E-state index contributed by atoms with van der Waals surface area (Å²) in [7, 11) is 0. The summed E-state index contributed by atoms with van der Waals surface area (Å²) in [4.78, 5) is 0. The Morgan fingerprint density at radius 3 is 1.95 bits per heavy atom. The zero-order valence-electron chi connectivity index (χ0n) is 12.2. The Kier molecular flexibility index (Phi) is 3.30. The van der Waals surface area contributed by atoms with E-state index in [1.165, 1.54) is 5.56 Å². The first-order valence-electron chi connectivity index (χ1n) is 7.05. The number of phenols is 2. The minimum absolute atomic E-state index is 0.255. The highest BCUT2D eigenvalue weighted by atomic mass is 16.3. The molecule has 0 aliphatic carbocycles. The molecule has 2 N–H and O–H groups in total. The number of benzene rings is 3. The molecular formula is C19H18O2. The molecule has 0 fully saturated rings. The van der Waals surface area contributed by atoms with Gasteiger partial charge in [0.15, 0.2) is 0 Å². The van der Waals surface area contributed by atoms with E-state index in [9.17, 15) is 10.2 Å². The molecule has 0 saturated carbocycles. The van der Waals surface area contributed by atoms with Gasteiger partial charge >= 0.3 is 0 Å². The van der Waals surface area contributed by atoms with Gasteiger partial charge in [-0.25, -0.2) is 0 Å². The van der Waals surface area contributed by atoms with Crippen molar-refractivity contribution in [3.63, 3.8) is 0 Å². The Bertz CT molecular complexity index is 802. The maximum atomic E-state index is 10.6. The van der Waals surface area contributed by atoms with Crippen molar-refractivity contribution in [2.45, 2.75) is 20.3 Å². The minimum Gasteiger partial charge on any atom is -0.507 e. The molecule has 0 aromatic heterocycles. The molecule has 3 rings (SSSR count). The van der Waals surface area contributed by atoms with E-state index in [-0.39, 0.29) is 11.5 Å². The van der Waals surface area contributed by atoms with Gasteiger partial charge in [-0.1, -0.05) is 54.1 Å². The van der Waals surface area contributed by atoms with Crippen molar-refractivity contribution in [3.8, 4) is 11.5 Å². The molecule has 0 radical (unpaired) electrons. The van der Waals surface area contributed by atoms with Crippen molar-refractivity contribution in [1.29, 1.82) is 0 Å². The number of rotatable bonds is 2. The van der Waals surface area contributed by atoms with Gasteiger partial charge in [-0.15, -0.1) is 0 Å². The Morgan fingerprint density at radius 2 is 1.33 bits per heavy atom. The number of aromatic hydroxyl groups is 2. The van der Waals surface area contributed by atoms with Crippen LogP contribution in [0.25, 0.3) is 10.8 Å². The van der Waals surface area contributed by atoms with E-state index < -0.39 is 0 Å². The van der Waals surface area contributed by atoms with Crippen molar-refractivity contribution in [1.82, 2.24) is 0 Å². The van der Waals surface area contributed by atoms with Crippen LogP contribution in [-0.4, -0.2) is 10.2 Å². The molecule has 0 heterocycles. The van der Waals surface area contributed by atoms with Crippen molar-refractivity contribution in [2.24, 2.45) is 0 Å². The molecule has 0 aliphatic heterocycles. The number of phenolic OH excluding ortho intramolecular Hbond substituents is 2. The molecule has 106 valence electrons. The highest BCUT2D eigenvalue weighted by Crippen LogP contribution is 2.39. The average molecular weight is 278 g/mol. The highest BCUT2D eigenvalue weighted by Gasteiger charge is 2.15. The average Bonchev–Trinajstić information content (AvgIpc) is 2.51. The lowest BCUT2D eigenvalue weighted by Crippen LogP contribution is -1.95. The summed E-state index contributed by atoms with van der Waals surface area (Å²) in [6.45, 7) is 3.90. The summed E-state index contributed by atoms with van der Waals surface area (Å²) in [5, 5.41) is 22.3. The molecule has 0 spiro atoms. The van der Waals surface area contributed by atoms with Gasteiger partial charge in [-0.3, -0.25) is 0 Å². The van der Waals surface area contributed by atoms with Crippen LogP contribution in [0.3, 0.4) is 0 Å². The Labute approximate surface area is 124 Å². The minimum atomic E-state index is 0.255. The van der Waals surface area contributed by atoms with Crippen molar-refractivity contribution >= 4 is 10.8 Å². The van der Waals surface area contributed by atoms with E-state index in [0.29, 0.717) is 17.2 Å². The van der Waals surface area contributed by atoms with E-state index in [0.717, 1.165) is 16.7 Å². The molecule has 0 aliphatic rings. The molecule has 2 nitrogen and oxygen atoms in total. The summed E-state index contributed by atoms with van der Waals surface area (Å²) < 4.78 is 0. The highest BCUT2D eigenvalue weighted by molar-refractivity contribution is 5.95. The van der Waals surface area contributed by atoms with Gasteiger partial charge in [0.05, 0.1) is 0 Å². The first kappa shape index (κ1) is 13.5. The van der Waals surface area contributed by atoms with Crippen LogP contribution in [0.5, 0.6) is 11.5 Å². The Hall–Kier alpha value is -2.48. The van der Waals surface area contributed by atoms with Gasteiger partial charge in [0.1, 0.15) is 11.5 Å². The third kappa shape index (κ3) is 2.33. The van der Waals surface area contributed by atoms with Gasteiger partial charge in [0.2, 0.25) is 0 Å². The van der Waals surface area contributed by atoms with Crippen LogP contribution >= 0.6 is 0 Å². The van der Waals surface area contributed by atoms with Gasteiger partial charge < -0.3 is 10.2 Å². The number of aryl methyl sites for hydroxylation is 1. The van der Waals surface area contributed by atoms with Gasteiger partial charge in [0.25, 0.3) is 0 Å². The van der Waals surface area contributed by atoms with E-state index in [4.69, 9.17) is 0 Å². The van der Waals surface area contributed by atoms with Crippen LogP contribution in [-0.2, 0) is 6.42 Å². The Balaban J connectivity index is 2.16. The molecule has 0 bridgehead atoms. The van der Waals surface area contributed by atoms with Crippen molar-refractivity contribution in [2.75, 3.05) is 0 Å². The number of fused-ring (bicyclic) bond motifs is 1. The zero-order valence-corrected chi connectivity index (χ0v) is 12.2. The lowest BCUT2D eigenvalue weighted by atomic mass is 9.94. The fourth-order valence-corrected chi connectivity index (χ4v) is 2.71. The van der Waals surface area contributed by atoms with Crippen LogP contribution in [0, 0.1) is 13.8 Å². The van der Waals surface area contributed by atoms with Crippen LogP contribution in [0.1, 0.15) is 22.3 Å². The van der Waals surface area contributed by atoms with Gasteiger partial charge in [-0.05, 0) is 25.0 Å². The lowest BCUT2D eigenvalue weighted by Gasteiger charge is -2.14. The fourth-order valence-electron chi connectivity index (χ4n) is 2.71. The molecule has 0 saturated heterocycles. The van der Waals surface area contributed by atoms with E-state index in [1.54, 1.807) is 0 Å². The second kappa shape index (κ2) is 5.13.